The van der Waals surface area contributed by atoms with Crippen LogP contribution in [0.4, 0.5) is 0 Å². The molecule has 5 nitrogen and oxygen atoms in total. The van der Waals surface area contributed by atoms with Crippen molar-refractivity contribution in [2.45, 2.75) is 46.6 Å². The van der Waals surface area contributed by atoms with Crippen LogP contribution in [0, 0.1) is 5.92 Å². The van der Waals surface area contributed by atoms with Crippen molar-refractivity contribution < 1.29 is 4.74 Å². The summed E-state index contributed by atoms with van der Waals surface area (Å²) >= 11 is 0. The topological polar surface area (TPSA) is 71.7 Å². The van der Waals surface area contributed by atoms with E-state index in [1.807, 2.05) is 6.92 Å². The zero-order valence-corrected chi connectivity index (χ0v) is 11.6. The van der Waals surface area contributed by atoms with E-state index in [9.17, 15) is 0 Å². The highest BCUT2D eigenvalue weighted by Crippen LogP contribution is 2.04. The molecule has 0 bridgehead atoms. The van der Waals surface area contributed by atoms with Crippen LogP contribution in [0.2, 0.25) is 0 Å². The fourth-order valence-electron chi connectivity index (χ4n) is 1.55. The van der Waals surface area contributed by atoms with Crippen LogP contribution in [-0.4, -0.2) is 31.8 Å². The van der Waals surface area contributed by atoms with E-state index in [0.29, 0.717) is 17.9 Å². The van der Waals surface area contributed by atoms with Crippen LogP contribution in [-0.2, 0) is 4.74 Å². The fraction of sp³-hybridized carbons (Fsp3) is 0.917. The predicted octanol–water partition coefficient (Wildman–Crippen LogP) is 1.26. The average molecular weight is 244 g/mol. The molecule has 0 saturated heterocycles. The number of ether oxygens (including phenoxy) is 1. The SMILES string of the molecule is CCOCCCN=C(NN)NC(CC)C(C)C. The van der Waals surface area contributed by atoms with Crippen LogP contribution >= 0.6 is 0 Å². The smallest absolute Gasteiger partial charge is 0.205 e. The molecule has 0 spiro atoms. The molecule has 5 heteroatoms. The first-order chi connectivity index (χ1) is 8.15. The summed E-state index contributed by atoms with van der Waals surface area (Å²) in [5.41, 5.74) is 2.61. The van der Waals surface area contributed by atoms with Crippen LogP contribution < -0.4 is 16.6 Å². The Morgan fingerprint density at radius 3 is 2.53 bits per heavy atom. The molecule has 102 valence electrons. The number of nitrogens with zero attached hydrogens (tertiary/aromatic N) is 1. The van der Waals surface area contributed by atoms with Gasteiger partial charge in [0.15, 0.2) is 0 Å². The molecule has 0 aliphatic rings. The van der Waals surface area contributed by atoms with Crippen LogP contribution in [0.25, 0.3) is 0 Å². The Morgan fingerprint density at radius 2 is 2.06 bits per heavy atom. The molecule has 0 aliphatic carbocycles. The second-order valence-corrected chi connectivity index (χ2v) is 4.33. The summed E-state index contributed by atoms with van der Waals surface area (Å²) in [6.07, 6.45) is 1.97. The van der Waals surface area contributed by atoms with Crippen LogP contribution in [0.15, 0.2) is 4.99 Å². The highest BCUT2D eigenvalue weighted by atomic mass is 16.5. The van der Waals surface area contributed by atoms with Gasteiger partial charge in [-0.1, -0.05) is 20.8 Å². The maximum absolute atomic E-state index is 5.44. The normalized spacial score (nSPS) is 13.9. The van der Waals surface area contributed by atoms with E-state index in [2.05, 4.69) is 36.5 Å². The van der Waals surface area contributed by atoms with E-state index in [1.165, 1.54) is 0 Å². The zero-order chi connectivity index (χ0) is 13.1. The van der Waals surface area contributed by atoms with E-state index in [0.717, 1.165) is 32.6 Å². The lowest BCUT2D eigenvalue weighted by Crippen LogP contribution is -2.48. The van der Waals surface area contributed by atoms with Gasteiger partial charge in [-0.3, -0.25) is 10.4 Å². The standard InChI is InChI=1S/C12H28N4O/c1-5-11(10(3)4)15-12(16-13)14-8-7-9-17-6-2/h10-11H,5-9,13H2,1-4H3,(H2,14,15,16). The van der Waals surface area contributed by atoms with Gasteiger partial charge >= 0.3 is 0 Å². The van der Waals surface area contributed by atoms with Crippen molar-refractivity contribution in [1.82, 2.24) is 10.7 Å². The van der Waals surface area contributed by atoms with E-state index in [-0.39, 0.29) is 0 Å². The first-order valence-electron chi connectivity index (χ1n) is 6.51. The fourth-order valence-corrected chi connectivity index (χ4v) is 1.55. The van der Waals surface area contributed by atoms with E-state index in [4.69, 9.17) is 10.6 Å². The largest absolute Gasteiger partial charge is 0.382 e. The monoisotopic (exact) mass is 244 g/mol. The first-order valence-corrected chi connectivity index (χ1v) is 6.51. The minimum atomic E-state index is 0.400. The highest BCUT2D eigenvalue weighted by molar-refractivity contribution is 5.79. The average Bonchev–Trinajstić information content (AvgIpc) is 2.32. The lowest BCUT2D eigenvalue weighted by atomic mass is 10.0. The van der Waals surface area contributed by atoms with Gasteiger partial charge in [0.2, 0.25) is 5.96 Å². The van der Waals surface area contributed by atoms with E-state index >= 15 is 0 Å². The van der Waals surface area contributed by atoms with Gasteiger partial charge in [0.25, 0.3) is 0 Å². The summed E-state index contributed by atoms with van der Waals surface area (Å²) in [7, 11) is 0. The Morgan fingerprint density at radius 1 is 1.35 bits per heavy atom. The van der Waals surface area contributed by atoms with Gasteiger partial charge < -0.3 is 10.1 Å². The molecule has 1 atom stereocenters. The Balaban J connectivity index is 3.99. The summed E-state index contributed by atoms with van der Waals surface area (Å²) in [6.45, 7) is 10.7. The molecule has 0 aromatic carbocycles. The minimum Gasteiger partial charge on any atom is -0.382 e. The molecule has 0 aromatic rings. The zero-order valence-electron chi connectivity index (χ0n) is 11.6. The van der Waals surface area contributed by atoms with Crippen molar-refractivity contribution in [3.05, 3.63) is 0 Å². The third-order valence-electron chi connectivity index (χ3n) is 2.62. The van der Waals surface area contributed by atoms with Gasteiger partial charge in [-0.2, -0.15) is 0 Å². The van der Waals surface area contributed by atoms with E-state index < -0.39 is 0 Å². The summed E-state index contributed by atoms with van der Waals surface area (Å²) < 4.78 is 5.25. The maximum atomic E-state index is 5.44. The molecule has 0 rings (SSSR count). The van der Waals surface area contributed by atoms with Crippen molar-refractivity contribution in [2.75, 3.05) is 19.8 Å². The maximum Gasteiger partial charge on any atom is 0.205 e. The molecule has 17 heavy (non-hydrogen) atoms. The summed E-state index contributed by atoms with van der Waals surface area (Å²) in [4.78, 5) is 4.37. The van der Waals surface area contributed by atoms with E-state index in [1.54, 1.807) is 0 Å². The molecular formula is C12H28N4O. The number of aliphatic imine (C=N–C) groups is 1. The Bertz CT molecular complexity index is 207. The molecule has 0 saturated carbocycles. The lowest BCUT2D eigenvalue weighted by Gasteiger charge is -2.22. The van der Waals surface area contributed by atoms with Crippen molar-refractivity contribution in [1.29, 1.82) is 0 Å². The third kappa shape index (κ3) is 7.99. The van der Waals surface area contributed by atoms with Gasteiger partial charge in [-0.15, -0.1) is 0 Å². The number of hydrazine groups is 1. The van der Waals surface area contributed by atoms with Crippen molar-refractivity contribution in [3.8, 4) is 0 Å². The lowest BCUT2D eigenvalue weighted by molar-refractivity contribution is 0.146. The number of nitrogens with two attached hydrogens (primary N) is 1. The number of hydrogen-bond donors (Lipinski definition) is 3. The van der Waals surface area contributed by atoms with Crippen molar-refractivity contribution in [2.24, 2.45) is 16.8 Å². The van der Waals surface area contributed by atoms with Crippen LogP contribution in [0.5, 0.6) is 0 Å². The molecule has 1 unspecified atom stereocenters. The molecule has 0 aromatic heterocycles. The number of nitrogens with one attached hydrogen (secondary N) is 2. The quantitative estimate of drug-likeness (QED) is 0.198. The molecule has 4 N–H and O–H groups in total. The number of hydrogen-bond acceptors (Lipinski definition) is 3. The Hall–Kier alpha value is -0.810. The summed E-state index contributed by atoms with van der Waals surface area (Å²) in [5, 5.41) is 3.32. The number of guanidine groups is 1. The van der Waals surface area contributed by atoms with Gasteiger partial charge in [0.1, 0.15) is 0 Å². The van der Waals surface area contributed by atoms with Crippen LogP contribution in [0.1, 0.15) is 40.5 Å². The summed E-state index contributed by atoms with van der Waals surface area (Å²) in [5.74, 6) is 6.67. The predicted molar refractivity (Wildman–Crippen MR) is 72.8 cm³/mol. The first kappa shape index (κ1) is 16.2. The second-order valence-electron chi connectivity index (χ2n) is 4.33. The molecule has 0 aliphatic heterocycles. The highest BCUT2D eigenvalue weighted by Gasteiger charge is 2.11. The molecular weight excluding hydrogens is 216 g/mol. The molecule has 0 amide bonds. The molecule has 0 radical (unpaired) electrons. The van der Waals surface area contributed by atoms with Gasteiger partial charge in [-0.25, -0.2) is 5.84 Å². The Labute approximate surface area is 105 Å². The second kappa shape index (κ2) is 10.4. The van der Waals surface area contributed by atoms with Gasteiger partial charge in [0.05, 0.1) is 0 Å². The van der Waals surface area contributed by atoms with Gasteiger partial charge in [-0.05, 0) is 25.7 Å². The minimum absolute atomic E-state index is 0.400. The van der Waals surface area contributed by atoms with Crippen LogP contribution in [0.3, 0.4) is 0 Å². The van der Waals surface area contributed by atoms with Crippen molar-refractivity contribution >= 4 is 5.96 Å². The third-order valence-corrected chi connectivity index (χ3v) is 2.62. The van der Waals surface area contributed by atoms with Gasteiger partial charge in [0, 0.05) is 25.8 Å². The number of rotatable bonds is 8. The summed E-state index contributed by atoms with van der Waals surface area (Å²) in [6, 6.07) is 0.400. The Kier molecular flexibility index (Phi) is 9.86. The van der Waals surface area contributed by atoms with Crippen molar-refractivity contribution in [3.63, 3.8) is 0 Å². The molecule has 0 heterocycles. The molecule has 0 fully saturated rings.